The van der Waals surface area contributed by atoms with Crippen LogP contribution in [0.3, 0.4) is 0 Å². The second kappa shape index (κ2) is 2.57. The number of rotatable bonds is 2. The zero-order valence-electron chi connectivity index (χ0n) is 7.03. The number of benzene rings is 1. The predicted molar refractivity (Wildman–Crippen MR) is 45.8 cm³/mol. The van der Waals surface area contributed by atoms with Crippen molar-refractivity contribution in [3.63, 3.8) is 0 Å². The highest BCUT2D eigenvalue weighted by molar-refractivity contribution is 5.27. The molecule has 0 aromatic heterocycles. The first kappa shape index (κ1) is 7.77. The summed E-state index contributed by atoms with van der Waals surface area (Å²) >= 11 is 0. The molecule has 2 rings (SSSR count). The monoisotopic (exact) mass is 164 g/mol. The molecule has 0 aliphatic carbocycles. The molecule has 0 spiro atoms. The smallest absolute Gasteiger partial charge is 0.119 e. The van der Waals surface area contributed by atoms with Gasteiger partial charge in [0, 0.05) is 0 Å². The maximum Gasteiger partial charge on any atom is 0.119 e. The molecule has 1 aliphatic rings. The molecule has 1 saturated heterocycles. The highest BCUT2D eigenvalue weighted by Crippen LogP contribution is 2.45. The number of epoxide rings is 1. The molecule has 12 heavy (non-hydrogen) atoms. The Kier molecular flexibility index (Phi) is 1.67. The van der Waals surface area contributed by atoms with Crippen molar-refractivity contribution in [3.8, 4) is 0 Å². The molecule has 1 aromatic carbocycles. The van der Waals surface area contributed by atoms with Gasteiger partial charge in [-0.25, -0.2) is 0 Å². The molecule has 1 aromatic rings. The molecule has 0 radical (unpaired) electrons. The first-order valence-corrected chi connectivity index (χ1v) is 4.11. The molecule has 0 bridgehead atoms. The summed E-state index contributed by atoms with van der Waals surface area (Å²) in [6.07, 6.45) is -0.0140. The topological polar surface area (TPSA) is 32.8 Å². The first-order valence-electron chi connectivity index (χ1n) is 4.11. The van der Waals surface area contributed by atoms with E-state index in [4.69, 9.17) is 9.84 Å². The molecule has 1 fully saturated rings. The summed E-state index contributed by atoms with van der Waals surface area (Å²) in [6.45, 7) is 2.11. The van der Waals surface area contributed by atoms with Gasteiger partial charge >= 0.3 is 0 Å². The SMILES string of the molecule is CC1(c2ccccc2)O[C@@H]1CO. The lowest BCUT2D eigenvalue weighted by Crippen LogP contribution is -2.09. The zero-order valence-corrected chi connectivity index (χ0v) is 7.03. The van der Waals surface area contributed by atoms with Gasteiger partial charge in [0.15, 0.2) is 0 Å². The minimum Gasteiger partial charge on any atom is -0.394 e. The van der Waals surface area contributed by atoms with Crippen molar-refractivity contribution in [2.75, 3.05) is 6.61 Å². The van der Waals surface area contributed by atoms with E-state index in [0.29, 0.717) is 0 Å². The Morgan fingerprint density at radius 3 is 2.58 bits per heavy atom. The third-order valence-electron chi connectivity index (χ3n) is 2.46. The third-order valence-corrected chi connectivity index (χ3v) is 2.46. The number of hydrogen-bond acceptors (Lipinski definition) is 2. The summed E-state index contributed by atoms with van der Waals surface area (Å²) in [4.78, 5) is 0. The Balaban J connectivity index is 2.23. The van der Waals surface area contributed by atoms with E-state index in [1.165, 1.54) is 0 Å². The van der Waals surface area contributed by atoms with E-state index < -0.39 is 0 Å². The number of aliphatic hydroxyl groups is 1. The van der Waals surface area contributed by atoms with Crippen molar-refractivity contribution in [1.82, 2.24) is 0 Å². The summed E-state index contributed by atoms with van der Waals surface area (Å²) in [6, 6.07) is 9.99. The van der Waals surface area contributed by atoms with E-state index in [-0.39, 0.29) is 18.3 Å². The number of ether oxygens (including phenoxy) is 1. The van der Waals surface area contributed by atoms with Gasteiger partial charge in [-0.3, -0.25) is 0 Å². The summed E-state index contributed by atoms with van der Waals surface area (Å²) < 4.78 is 5.39. The average molecular weight is 164 g/mol. The van der Waals surface area contributed by atoms with Crippen LogP contribution in [0.25, 0.3) is 0 Å². The van der Waals surface area contributed by atoms with Gasteiger partial charge in [0.1, 0.15) is 11.7 Å². The van der Waals surface area contributed by atoms with Gasteiger partial charge in [-0.15, -0.1) is 0 Å². The van der Waals surface area contributed by atoms with E-state index >= 15 is 0 Å². The normalized spacial score (nSPS) is 33.3. The molecule has 2 atom stereocenters. The molecule has 1 unspecified atom stereocenters. The molecule has 2 nitrogen and oxygen atoms in total. The predicted octanol–water partition coefficient (Wildman–Crippen LogP) is 1.29. The van der Waals surface area contributed by atoms with Crippen LogP contribution >= 0.6 is 0 Å². The molecule has 0 saturated carbocycles. The van der Waals surface area contributed by atoms with Crippen LogP contribution in [0.4, 0.5) is 0 Å². The molecular weight excluding hydrogens is 152 g/mol. The van der Waals surface area contributed by atoms with Crippen molar-refractivity contribution < 1.29 is 9.84 Å². The van der Waals surface area contributed by atoms with E-state index in [1.54, 1.807) is 0 Å². The van der Waals surface area contributed by atoms with E-state index in [1.807, 2.05) is 37.3 Å². The van der Waals surface area contributed by atoms with Gasteiger partial charge < -0.3 is 9.84 Å². The first-order chi connectivity index (χ1) is 5.77. The van der Waals surface area contributed by atoms with Crippen LogP contribution in [0, 0.1) is 0 Å². The van der Waals surface area contributed by atoms with E-state index in [0.717, 1.165) is 5.56 Å². The molecule has 2 heteroatoms. The number of hydrogen-bond donors (Lipinski definition) is 1. The fourth-order valence-corrected chi connectivity index (χ4v) is 1.50. The largest absolute Gasteiger partial charge is 0.394 e. The van der Waals surface area contributed by atoms with Crippen LogP contribution in [0.5, 0.6) is 0 Å². The average Bonchev–Trinajstić information content (AvgIpc) is 2.81. The van der Waals surface area contributed by atoms with Crippen molar-refractivity contribution in [1.29, 1.82) is 0 Å². The Morgan fingerprint density at radius 1 is 1.42 bits per heavy atom. The van der Waals surface area contributed by atoms with Gasteiger partial charge in [-0.05, 0) is 12.5 Å². The summed E-state index contributed by atoms with van der Waals surface area (Å²) in [5.41, 5.74) is 0.903. The van der Waals surface area contributed by atoms with Crippen LogP contribution in [-0.2, 0) is 10.3 Å². The van der Waals surface area contributed by atoms with Gasteiger partial charge in [0.05, 0.1) is 6.61 Å². The highest BCUT2D eigenvalue weighted by Gasteiger charge is 2.52. The highest BCUT2D eigenvalue weighted by atomic mass is 16.6. The van der Waals surface area contributed by atoms with Crippen LogP contribution in [0.1, 0.15) is 12.5 Å². The lowest BCUT2D eigenvalue weighted by molar-refractivity contribution is 0.237. The minimum absolute atomic E-state index is 0.0140. The Hall–Kier alpha value is -0.860. The third kappa shape index (κ3) is 1.04. The van der Waals surface area contributed by atoms with Crippen molar-refractivity contribution in [3.05, 3.63) is 35.9 Å². The summed E-state index contributed by atoms with van der Waals surface area (Å²) in [5, 5.41) is 8.88. The Labute approximate surface area is 71.8 Å². The molecular formula is C10H12O2. The molecule has 0 amide bonds. The van der Waals surface area contributed by atoms with Crippen LogP contribution in [0.2, 0.25) is 0 Å². The lowest BCUT2D eigenvalue weighted by Gasteiger charge is -2.04. The molecule has 64 valence electrons. The standard InChI is InChI=1S/C10H12O2/c1-10(9(7-11)12-10)8-5-3-2-4-6-8/h2-6,9,11H,7H2,1H3/t9-,10?/m1/s1. The summed E-state index contributed by atoms with van der Waals surface area (Å²) in [7, 11) is 0. The van der Waals surface area contributed by atoms with Crippen LogP contribution in [0.15, 0.2) is 30.3 Å². The fraction of sp³-hybridized carbons (Fsp3) is 0.400. The fourth-order valence-electron chi connectivity index (χ4n) is 1.50. The van der Waals surface area contributed by atoms with Gasteiger partial charge in [-0.2, -0.15) is 0 Å². The maximum absolute atomic E-state index is 8.88. The second-order valence-electron chi connectivity index (χ2n) is 3.26. The van der Waals surface area contributed by atoms with E-state index in [9.17, 15) is 0 Å². The zero-order chi connectivity index (χ0) is 8.60. The lowest BCUT2D eigenvalue weighted by atomic mass is 9.98. The van der Waals surface area contributed by atoms with E-state index in [2.05, 4.69) is 0 Å². The maximum atomic E-state index is 8.88. The van der Waals surface area contributed by atoms with Gasteiger partial charge in [0.2, 0.25) is 0 Å². The van der Waals surface area contributed by atoms with Gasteiger partial charge in [0.25, 0.3) is 0 Å². The Morgan fingerprint density at radius 2 is 2.08 bits per heavy atom. The van der Waals surface area contributed by atoms with Crippen molar-refractivity contribution >= 4 is 0 Å². The number of aliphatic hydroxyl groups excluding tert-OH is 1. The van der Waals surface area contributed by atoms with Crippen molar-refractivity contribution in [2.24, 2.45) is 0 Å². The molecule has 1 N–H and O–H groups in total. The minimum atomic E-state index is -0.240. The van der Waals surface area contributed by atoms with Crippen LogP contribution in [-0.4, -0.2) is 17.8 Å². The van der Waals surface area contributed by atoms with Crippen LogP contribution < -0.4 is 0 Å². The molecule has 1 heterocycles. The Bertz CT molecular complexity index is 270. The van der Waals surface area contributed by atoms with Gasteiger partial charge in [-0.1, -0.05) is 30.3 Å². The second-order valence-corrected chi connectivity index (χ2v) is 3.26. The molecule has 1 aliphatic heterocycles. The summed E-state index contributed by atoms with van der Waals surface area (Å²) in [5.74, 6) is 0. The van der Waals surface area contributed by atoms with Crippen molar-refractivity contribution in [2.45, 2.75) is 18.6 Å². The quantitative estimate of drug-likeness (QED) is 0.668.